The van der Waals surface area contributed by atoms with Crippen LogP contribution in [0.3, 0.4) is 0 Å². The monoisotopic (exact) mass is 346 g/mol. The Morgan fingerprint density at radius 1 is 1.08 bits per heavy atom. The van der Waals surface area contributed by atoms with Crippen LogP contribution in [0, 0.1) is 6.92 Å². The average Bonchev–Trinajstić information content (AvgIpc) is 2.87. The summed E-state index contributed by atoms with van der Waals surface area (Å²) in [4.78, 5) is 12.8. The molecule has 3 rings (SSSR count). The van der Waals surface area contributed by atoms with Gasteiger partial charge in [0.25, 0.3) is 5.91 Å². The fourth-order valence-corrected chi connectivity index (χ4v) is 3.12. The van der Waals surface area contributed by atoms with Crippen LogP contribution in [0.2, 0.25) is 0 Å². The molecule has 1 N–H and O–H groups in total. The van der Waals surface area contributed by atoms with Crippen LogP contribution >= 0.6 is 0 Å². The van der Waals surface area contributed by atoms with Crippen molar-refractivity contribution in [1.82, 2.24) is 4.57 Å². The standard InChI is InChI=1S/C19H17F3N2O/c1-3-24-16-11-7-4-8-13(16)12(2)17(24)18(25)23-15-10-6-5-9-14(15)19(20,21)22/h4-11H,3H2,1-2H3,(H,23,25). The molecular formula is C19H17F3N2O. The van der Waals surface area contributed by atoms with E-state index in [9.17, 15) is 18.0 Å². The number of hydrogen-bond donors (Lipinski definition) is 1. The molecule has 0 bridgehead atoms. The SMILES string of the molecule is CCn1c(C(=O)Nc2ccccc2C(F)(F)F)c(C)c2ccccc21. The van der Waals surface area contributed by atoms with Gasteiger partial charge in [-0.05, 0) is 37.6 Å². The van der Waals surface area contributed by atoms with Gasteiger partial charge in [0.05, 0.1) is 11.3 Å². The predicted octanol–water partition coefficient (Wildman–Crippen LogP) is 5.24. The molecule has 0 radical (unpaired) electrons. The van der Waals surface area contributed by atoms with Gasteiger partial charge in [-0.2, -0.15) is 13.2 Å². The van der Waals surface area contributed by atoms with E-state index in [4.69, 9.17) is 0 Å². The third-order valence-electron chi connectivity index (χ3n) is 4.24. The van der Waals surface area contributed by atoms with Crippen molar-refractivity contribution in [3.8, 4) is 0 Å². The zero-order chi connectivity index (χ0) is 18.2. The second kappa shape index (κ2) is 6.27. The number of nitrogens with one attached hydrogen (secondary N) is 1. The summed E-state index contributed by atoms with van der Waals surface area (Å²) in [6.45, 7) is 4.24. The molecule has 130 valence electrons. The zero-order valence-electron chi connectivity index (χ0n) is 13.8. The largest absolute Gasteiger partial charge is 0.418 e. The molecular weight excluding hydrogens is 329 g/mol. The molecule has 0 atom stereocenters. The van der Waals surface area contributed by atoms with Crippen molar-refractivity contribution < 1.29 is 18.0 Å². The number of amides is 1. The van der Waals surface area contributed by atoms with E-state index in [2.05, 4.69) is 5.32 Å². The molecule has 0 aliphatic rings. The van der Waals surface area contributed by atoms with Crippen LogP contribution in [-0.4, -0.2) is 10.5 Å². The van der Waals surface area contributed by atoms with E-state index >= 15 is 0 Å². The molecule has 0 fully saturated rings. The number of benzene rings is 2. The van der Waals surface area contributed by atoms with E-state index in [0.717, 1.165) is 22.5 Å². The summed E-state index contributed by atoms with van der Waals surface area (Å²) >= 11 is 0. The number of nitrogens with zero attached hydrogens (tertiary/aromatic N) is 1. The lowest BCUT2D eigenvalue weighted by atomic mass is 10.1. The summed E-state index contributed by atoms with van der Waals surface area (Å²) < 4.78 is 41.2. The Balaban J connectivity index is 2.07. The number of aromatic nitrogens is 1. The third kappa shape index (κ3) is 2.99. The lowest BCUT2D eigenvalue weighted by Crippen LogP contribution is -2.20. The first-order chi connectivity index (χ1) is 11.8. The van der Waals surface area contributed by atoms with Gasteiger partial charge in [0, 0.05) is 17.4 Å². The number of alkyl halides is 3. The summed E-state index contributed by atoms with van der Waals surface area (Å²) in [5, 5.41) is 3.35. The molecule has 25 heavy (non-hydrogen) atoms. The summed E-state index contributed by atoms with van der Waals surface area (Å²) in [5.41, 5.74) is 0.907. The molecule has 3 nitrogen and oxygen atoms in total. The van der Waals surface area contributed by atoms with E-state index in [1.807, 2.05) is 35.8 Å². The third-order valence-corrected chi connectivity index (χ3v) is 4.24. The van der Waals surface area contributed by atoms with Crippen LogP contribution in [0.25, 0.3) is 10.9 Å². The molecule has 6 heteroatoms. The van der Waals surface area contributed by atoms with Crippen molar-refractivity contribution in [2.24, 2.45) is 0 Å². The van der Waals surface area contributed by atoms with Crippen LogP contribution in [-0.2, 0) is 12.7 Å². The van der Waals surface area contributed by atoms with Crippen molar-refractivity contribution >= 4 is 22.5 Å². The Morgan fingerprint density at radius 2 is 1.72 bits per heavy atom. The zero-order valence-corrected chi connectivity index (χ0v) is 13.8. The Labute approximate surface area is 143 Å². The summed E-state index contributed by atoms with van der Waals surface area (Å²) in [7, 11) is 0. The fourth-order valence-electron chi connectivity index (χ4n) is 3.12. The summed E-state index contributed by atoms with van der Waals surface area (Å²) in [6.07, 6.45) is -4.53. The normalized spacial score (nSPS) is 11.7. The maximum absolute atomic E-state index is 13.1. The van der Waals surface area contributed by atoms with Crippen LogP contribution in [0.1, 0.15) is 28.5 Å². The van der Waals surface area contributed by atoms with Crippen molar-refractivity contribution in [1.29, 1.82) is 0 Å². The topological polar surface area (TPSA) is 34.0 Å². The minimum absolute atomic E-state index is 0.243. The van der Waals surface area contributed by atoms with E-state index in [1.54, 1.807) is 6.92 Å². The van der Waals surface area contributed by atoms with Crippen LogP contribution in [0.15, 0.2) is 48.5 Å². The number of carbonyl (C=O) groups is 1. The van der Waals surface area contributed by atoms with Crippen LogP contribution < -0.4 is 5.32 Å². The highest BCUT2D eigenvalue weighted by Crippen LogP contribution is 2.35. The van der Waals surface area contributed by atoms with Gasteiger partial charge in [-0.1, -0.05) is 30.3 Å². The average molecular weight is 346 g/mol. The predicted molar refractivity (Wildman–Crippen MR) is 91.7 cm³/mol. The number of anilines is 1. The quantitative estimate of drug-likeness (QED) is 0.691. The van der Waals surface area contributed by atoms with Crippen LogP contribution in [0.4, 0.5) is 18.9 Å². The first kappa shape index (κ1) is 17.1. The first-order valence-electron chi connectivity index (χ1n) is 7.90. The molecule has 1 heterocycles. The molecule has 0 aliphatic carbocycles. The number of rotatable bonds is 3. The number of hydrogen-bond acceptors (Lipinski definition) is 1. The van der Waals surface area contributed by atoms with Crippen molar-refractivity contribution in [3.05, 3.63) is 65.4 Å². The summed E-state index contributed by atoms with van der Waals surface area (Å²) in [5.74, 6) is -0.549. The Kier molecular flexibility index (Phi) is 4.29. The van der Waals surface area contributed by atoms with E-state index in [1.165, 1.54) is 18.2 Å². The Bertz CT molecular complexity index is 941. The first-order valence-corrected chi connectivity index (χ1v) is 7.90. The van der Waals surface area contributed by atoms with Gasteiger partial charge in [-0.25, -0.2) is 0 Å². The van der Waals surface area contributed by atoms with Crippen molar-refractivity contribution in [2.45, 2.75) is 26.6 Å². The highest BCUT2D eigenvalue weighted by atomic mass is 19.4. The Hall–Kier alpha value is -2.76. The maximum atomic E-state index is 13.1. The van der Waals surface area contributed by atoms with Crippen molar-refractivity contribution in [3.63, 3.8) is 0 Å². The van der Waals surface area contributed by atoms with Gasteiger partial charge < -0.3 is 9.88 Å². The molecule has 0 saturated carbocycles. The second-order valence-corrected chi connectivity index (χ2v) is 5.73. The smallest absolute Gasteiger partial charge is 0.337 e. The number of carbonyl (C=O) groups excluding carboxylic acids is 1. The molecule has 1 amide bonds. The van der Waals surface area contributed by atoms with Gasteiger partial charge in [0.15, 0.2) is 0 Å². The van der Waals surface area contributed by atoms with Crippen molar-refractivity contribution in [2.75, 3.05) is 5.32 Å². The highest BCUT2D eigenvalue weighted by molar-refractivity contribution is 6.08. The van der Waals surface area contributed by atoms with E-state index in [-0.39, 0.29) is 5.69 Å². The van der Waals surface area contributed by atoms with Gasteiger partial charge in [-0.15, -0.1) is 0 Å². The summed E-state index contributed by atoms with van der Waals surface area (Å²) in [6, 6.07) is 12.5. The van der Waals surface area contributed by atoms with Gasteiger partial charge in [0.2, 0.25) is 0 Å². The molecule has 0 saturated heterocycles. The Morgan fingerprint density at radius 3 is 2.40 bits per heavy atom. The molecule has 0 spiro atoms. The minimum atomic E-state index is -4.53. The number of aryl methyl sites for hydroxylation is 2. The minimum Gasteiger partial charge on any atom is -0.337 e. The molecule has 0 aliphatic heterocycles. The van der Waals surface area contributed by atoms with E-state index in [0.29, 0.717) is 12.2 Å². The van der Waals surface area contributed by atoms with Gasteiger partial charge >= 0.3 is 6.18 Å². The number of halogens is 3. The molecule has 3 aromatic rings. The lowest BCUT2D eigenvalue weighted by Gasteiger charge is -2.15. The molecule has 2 aromatic carbocycles. The van der Waals surface area contributed by atoms with Crippen LogP contribution in [0.5, 0.6) is 0 Å². The molecule has 0 unspecified atom stereocenters. The lowest BCUT2D eigenvalue weighted by molar-refractivity contribution is -0.136. The fraction of sp³-hybridized carbons (Fsp3) is 0.211. The van der Waals surface area contributed by atoms with Gasteiger partial charge in [-0.3, -0.25) is 4.79 Å². The second-order valence-electron chi connectivity index (χ2n) is 5.73. The van der Waals surface area contributed by atoms with E-state index < -0.39 is 17.6 Å². The maximum Gasteiger partial charge on any atom is 0.418 e. The highest BCUT2D eigenvalue weighted by Gasteiger charge is 2.34. The molecule has 1 aromatic heterocycles. The number of fused-ring (bicyclic) bond motifs is 1. The van der Waals surface area contributed by atoms with Gasteiger partial charge in [0.1, 0.15) is 5.69 Å². The number of para-hydroxylation sites is 2.